The van der Waals surface area contributed by atoms with Crippen LogP contribution in [0.15, 0.2) is 72.8 Å². The highest BCUT2D eigenvalue weighted by Crippen LogP contribution is 2.23. The van der Waals surface area contributed by atoms with Crippen LogP contribution in [-0.2, 0) is 21.4 Å². The fraction of sp³-hybridized carbons (Fsp3) is 0.320. The van der Waals surface area contributed by atoms with Gasteiger partial charge in [-0.25, -0.2) is 17.5 Å². The van der Waals surface area contributed by atoms with Crippen molar-refractivity contribution in [1.29, 1.82) is 0 Å². The van der Waals surface area contributed by atoms with E-state index in [1.165, 1.54) is 15.1 Å². The fourth-order valence-electron chi connectivity index (χ4n) is 4.19. The van der Waals surface area contributed by atoms with Gasteiger partial charge in [0.05, 0.1) is 24.5 Å². The van der Waals surface area contributed by atoms with Crippen molar-refractivity contribution in [3.63, 3.8) is 0 Å². The first-order chi connectivity index (χ1) is 15.9. The van der Waals surface area contributed by atoms with E-state index in [1.54, 1.807) is 30.3 Å². The van der Waals surface area contributed by atoms with E-state index >= 15 is 0 Å². The van der Waals surface area contributed by atoms with Crippen LogP contribution in [0.25, 0.3) is 10.8 Å². The lowest BCUT2D eigenvalue weighted by Gasteiger charge is -2.32. The molecule has 0 bridgehead atoms. The number of nitrogens with zero attached hydrogens (tertiary/aromatic N) is 1. The molecule has 8 heteroatoms. The Balaban J connectivity index is 1.32. The highest BCUT2D eigenvalue weighted by atomic mass is 32.2. The second kappa shape index (κ2) is 10.3. The molecule has 0 aromatic heterocycles. The SMILES string of the molecule is O=C(O)NC(CS(=O)(=O)N1CCC(OCc2ccc3ccccc3c2)CC1)c1ccccc1. The van der Waals surface area contributed by atoms with E-state index in [2.05, 4.69) is 35.6 Å². The number of rotatable bonds is 8. The zero-order valence-electron chi connectivity index (χ0n) is 18.3. The van der Waals surface area contributed by atoms with E-state index in [9.17, 15) is 13.2 Å². The topological polar surface area (TPSA) is 95.9 Å². The van der Waals surface area contributed by atoms with E-state index < -0.39 is 22.2 Å². The highest BCUT2D eigenvalue weighted by molar-refractivity contribution is 7.89. The first kappa shape index (κ1) is 23.2. The van der Waals surface area contributed by atoms with Crippen LogP contribution in [0.5, 0.6) is 0 Å². The third-order valence-corrected chi connectivity index (χ3v) is 7.88. The Kier molecular flexibility index (Phi) is 7.27. The summed E-state index contributed by atoms with van der Waals surface area (Å²) < 4.78 is 33.5. The summed E-state index contributed by atoms with van der Waals surface area (Å²) in [5.41, 5.74) is 1.71. The Labute approximate surface area is 194 Å². The maximum absolute atomic E-state index is 13.0. The molecule has 0 aliphatic carbocycles. The summed E-state index contributed by atoms with van der Waals surface area (Å²) >= 11 is 0. The molecule has 2 N–H and O–H groups in total. The first-order valence-electron chi connectivity index (χ1n) is 11.0. The van der Waals surface area contributed by atoms with Crippen molar-refractivity contribution < 1.29 is 23.1 Å². The largest absolute Gasteiger partial charge is 0.465 e. The molecule has 4 rings (SSSR count). The zero-order valence-corrected chi connectivity index (χ0v) is 19.1. The number of nitrogens with one attached hydrogen (secondary N) is 1. The first-order valence-corrected chi connectivity index (χ1v) is 12.6. The van der Waals surface area contributed by atoms with Crippen molar-refractivity contribution in [2.45, 2.75) is 31.6 Å². The molecule has 1 fully saturated rings. The van der Waals surface area contributed by atoms with Crippen LogP contribution in [0.3, 0.4) is 0 Å². The lowest BCUT2D eigenvalue weighted by Crippen LogP contribution is -2.44. The predicted molar refractivity (Wildman–Crippen MR) is 127 cm³/mol. The average molecular weight is 469 g/mol. The fourth-order valence-corrected chi connectivity index (χ4v) is 5.87. The maximum atomic E-state index is 13.0. The van der Waals surface area contributed by atoms with Crippen molar-refractivity contribution in [3.8, 4) is 0 Å². The third-order valence-electron chi connectivity index (χ3n) is 5.97. The molecule has 0 saturated carbocycles. The van der Waals surface area contributed by atoms with Crippen LogP contribution in [0.1, 0.15) is 30.0 Å². The number of carboxylic acid groups (broad SMARTS) is 1. The number of hydrogen-bond donors (Lipinski definition) is 2. The minimum atomic E-state index is -3.64. The Morgan fingerprint density at radius 2 is 1.67 bits per heavy atom. The molecule has 0 spiro atoms. The monoisotopic (exact) mass is 468 g/mol. The molecule has 1 unspecified atom stereocenters. The lowest BCUT2D eigenvalue weighted by molar-refractivity contribution is 0.0102. The number of benzene rings is 3. The van der Waals surface area contributed by atoms with E-state index in [0.717, 1.165) is 5.56 Å². The number of ether oxygens (including phenoxy) is 1. The van der Waals surface area contributed by atoms with Crippen molar-refractivity contribution in [2.75, 3.05) is 18.8 Å². The molecule has 3 aromatic carbocycles. The third kappa shape index (κ3) is 6.10. The summed E-state index contributed by atoms with van der Waals surface area (Å²) in [5, 5.41) is 13.9. The van der Waals surface area contributed by atoms with E-state index in [-0.39, 0.29) is 11.9 Å². The van der Waals surface area contributed by atoms with Gasteiger partial charge in [-0.1, -0.05) is 66.7 Å². The smallest absolute Gasteiger partial charge is 0.405 e. The van der Waals surface area contributed by atoms with Crippen molar-refractivity contribution in [1.82, 2.24) is 9.62 Å². The van der Waals surface area contributed by atoms with Gasteiger partial charge in [0, 0.05) is 13.1 Å². The molecule has 1 amide bonds. The minimum absolute atomic E-state index is 0.00927. The quantitative estimate of drug-likeness (QED) is 0.518. The summed E-state index contributed by atoms with van der Waals surface area (Å²) in [7, 11) is -3.64. The van der Waals surface area contributed by atoms with Gasteiger partial charge < -0.3 is 15.2 Å². The van der Waals surface area contributed by atoms with Gasteiger partial charge in [-0.15, -0.1) is 0 Å². The molecule has 1 atom stereocenters. The van der Waals surface area contributed by atoms with Crippen LogP contribution in [0.2, 0.25) is 0 Å². The molecule has 174 valence electrons. The summed E-state index contributed by atoms with van der Waals surface area (Å²) in [4.78, 5) is 11.2. The average Bonchev–Trinajstić information content (AvgIpc) is 2.82. The number of amides is 1. The van der Waals surface area contributed by atoms with Crippen LogP contribution in [0.4, 0.5) is 4.79 Å². The van der Waals surface area contributed by atoms with Gasteiger partial charge in [0.1, 0.15) is 0 Å². The lowest BCUT2D eigenvalue weighted by atomic mass is 10.1. The van der Waals surface area contributed by atoms with Crippen molar-refractivity contribution >= 4 is 26.9 Å². The van der Waals surface area contributed by atoms with Gasteiger partial charge >= 0.3 is 6.09 Å². The molecule has 3 aromatic rings. The molecular weight excluding hydrogens is 440 g/mol. The molecule has 7 nitrogen and oxygen atoms in total. The number of carbonyl (C=O) groups is 1. The second-order valence-electron chi connectivity index (χ2n) is 8.28. The summed E-state index contributed by atoms with van der Waals surface area (Å²) in [6.45, 7) is 1.21. The normalized spacial score (nSPS) is 16.5. The zero-order chi connectivity index (χ0) is 23.3. The minimum Gasteiger partial charge on any atom is -0.465 e. The second-order valence-corrected chi connectivity index (χ2v) is 10.3. The van der Waals surface area contributed by atoms with Gasteiger partial charge in [-0.2, -0.15) is 0 Å². The highest BCUT2D eigenvalue weighted by Gasteiger charge is 2.31. The molecule has 1 saturated heterocycles. The van der Waals surface area contributed by atoms with Crippen LogP contribution in [-0.4, -0.2) is 48.9 Å². The standard InChI is InChI=1S/C25H28N2O5S/c28-25(29)26-24(21-7-2-1-3-8-21)18-33(30,31)27-14-12-23(13-15-27)32-17-19-10-11-20-6-4-5-9-22(20)16-19/h1-11,16,23-24,26H,12-15,17-18H2,(H,28,29). The Morgan fingerprint density at radius 3 is 2.36 bits per heavy atom. The Bertz CT molecular complexity index is 1190. The van der Waals surface area contributed by atoms with Crippen LogP contribution < -0.4 is 5.32 Å². The molecule has 0 radical (unpaired) electrons. The number of sulfonamides is 1. The number of fused-ring (bicyclic) bond motifs is 1. The van der Waals surface area contributed by atoms with Gasteiger partial charge in [-0.3, -0.25) is 0 Å². The number of hydrogen-bond acceptors (Lipinski definition) is 4. The number of piperidine rings is 1. The molecule has 1 heterocycles. The Morgan fingerprint density at radius 1 is 1.00 bits per heavy atom. The van der Waals surface area contributed by atoms with E-state index in [0.29, 0.717) is 38.1 Å². The van der Waals surface area contributed by atoms with Gasteiger partial charge in [0.25, 0.3) is 0 Å². The summed E-state index contributed by atoms with van der Waals surface area (Å²) in [6.07, 6.45) is -0.0468. The van der Waals surface area contributed by atoms with E-state index in [4.69, 9.17) is 9.84 Å². The van der Waals surface area contributed by atoms with Gasteiger partial charge in [-0.05, 0) is 40.8 Å². The maximum Gasteiger partial charge on any atom is 0.405 e. The summed E-state index contributed by atoms with van der Waals surface area (Å²) in [6, 6.07) is 22.4. The molecular formula is C25H28N2O5S. The van der Waals surface area contributed by atoms with Crippen molar-refractivity contribution in [2.24, 2.45) is 0 Å². The molecule has 33 heavy (non-hydrogen) atoms. The van der Waals surface area contributed by atoms with Gasteiger partial charge in [0.2, 0.25) is 10.0 Å². The molecule has 1 aliphatic rings. The summed E-state index contributed by atoms with van der Waals surface area (Å²) in [5.74, 6) is -0.314. The van der Waals surface area contributed by atoms with Crippen LogP contribution in [0, 0.1) is 0 Å². The Hall–Kier alpha value is -2.94. The van der Waals surface area contributed by atoms with Crippen LogP contribution >= 0.6 is 0 Å². The van der Waals surface area contributed by atoms with E-state index in [1.807, 2.05) is 12.1 Å². The molecule has 1 aliphatic heterocycles. The predicted octanol–water partition coefficient (Wildman–Crippen LogP) is 4.16. The van der Waals surface area contributed by atoms with Crippen molar-refractivity contribution in [3.05, 3.63) is 83.9 Å². The van der Waals surface area contributed by atoms with Gasteiger partial charge in [0.15, 0.2) is 0 Å².